The fourth-order valence-electron chi connectivity index (χ4n) is 1.73. The molecule has 1 atom stereocenters. The summed E-state index contributed by atoms with van der Waals surface area (Å²) in [7, 11) is 0.500. The Labute approximate surface area is 124 Å². The van der Waals surface area contributed by atoms with Crippen LogP contribution in [0.15, 0.2) is 59.5 Å². The number of halogens is 1. The van der Waals surface area contributed by atoms with Gasteiger partial charge in [0.15, 0.2) is 6.10 Å². The molecule has 0 saturated carbocycles. The predicted molar refractivity (Wildman–Crippen MR) is 84.4 cm³/mol. The third-order valence-electron chi connectivity index (χ3n) is 2.73. The first-order valence-electron chi connectivity index (χ1n) is 6.72. The second-order valence-electron chi connectivity index (χ2n) is 4.10. The minimum atomic E-state index is -0.170. The molecule has 4 nitrogen and oxygen atoms in total. The molecule has 1 unspecified atom stereocenters. The first kappa shape index (κ1) is 16.8. The maximum atomic E-state index is 9.50. The van der Waals surface area contributed by atoms with Gasteiger partial charge >= 0.3 is 0 Å². The van der Waals surface area contributed by atoms with E-state index in [1.54, 1.807) is 18.5 Å². The molecule has 0 spiro atoms. The summed E-state index contributed by atoms with van der Waals surface area (Å²) >= 11 is 0. The molecule has 21 heavy (non-hydrogen) atoms. The lowest BCUT2D eigenvalue weighted by atomic mass is 10.1. The number of pyridine rings is 1. The molecule has 112 valence electrons. The van der Waals surface area contributed by atoms with E-state index >= 15 is 0 Å². The second kappa shape index (κ2) is 9.58. The van der Waals surface area contributed by atoms with E-state index in [-0.39, 0.29) is 6.10 Å². The van der Waals surface area contributed by atoms with E-state index in [2.05, 4.69) is 28.6 Å². The minimum absolute atomic E-state index is 0.170. The molecule has 0 N–H and O–H groups in total. The largest absolute Gasteiger partial charge is 0.385 e. The number of alkyl halides is 1. The highest BCUT2D eigenvalue weighted by Crippen LogP contribution is 2.17. The zero-order valence-corrected chi connectivity index (χ0v) is 12.4. The van der Waals surface area contributed by atoms with Crippen LogP contribution in [0.3, 0.4) is 0 Å². The molecule has 5 heteroatoms. The van der Waals surface area contributed by atoms with Crippen molar-refractivity contribution in [3.05, 3.63) is 55.0 Å². The number of hydrogen-bond acceptors (Lipinski definition) is 4. The lowest BCUT2D eigenvalue weighted by Crippen LogP contribution is -2.19. The molecule has 2 heterocycles. The smallest absolute Gasteiger partial charge is 0.174 e. The summed E-state index contributed by atoms with van der Waals surface area (Å²) in [6.45, 7) is 5.83. The Morgan fingerprint density at radius 2 is 2.33 bits per heavy atom. The van der Waals surface area contributed by atoms with E-state index in [0.717, 1.165) is 23.5 Å². The summed E-state index contributed by atoms with van der Waals surface area (Å²) in [5, 5.41) is 4.09. The molecule has 0 aromatic carbocycles. The third-order valence-corrected chi connectivity index (χ3v) is 2.73. The molecule has 0 fully saturated rings. The van der Waals surface area contributed by atoms with Gasteiger partial charge in [-0.15, -0.1) is 0 Å². The Hall–Kier alpha value is -2.30. The molecular weight excluding hydrogens is 269 g/mol. The van der Waals surface area contributed by atoms with Crippen LogP contribution in [0.1, 0.15) is 25.5 Å². The van der Waals surface area contributed by atoms with Crippen LogP contribution in [0, 0.1) is 0 Å². The van der Waals surface area contributed by atoms with Gasteiger partial charge in [0.2, 0.25) is 0 Å². The summed E-state index contributed by atoms with van der Waals surface area (Å²) < 4.78 is 9.50. The van der Waals surface area contributed by atoms with E-state index in [1.807, 2.05) is 24.3 Å². The zero-order chi connectivity index (χ0) is 15.5. The number of aliphatic imine (C=N–C) groups is 1. The van der Waals surface area contributed by atoms with Crippen molar-refractivity contribution < 1.29 is 9.23 Å². The van der Waals surface area contributed by atoms with Gasteiger partial charge in [-0.2, -0.15) is 0 Å². The summed E-state index contributed by atoms with van der Waals surface area (Å²) in [5.41, 5.74) is 2.48. The SMILES string of the molecule is C=CC(=N/C=C\CC)C1CC(c2ccccn2)=NO1.CF. The molecule has 1 aliphatic heterocycles. The monoisotopic (exact) mass is 289 g/mol. The Morgan fingerprint density at radius 1 is 1.52 bits per heavy atom. The van der Waals surface area contributed by atoms with Crippen LogP contribution < -0.4 is 0 Å². The van der Waals surface area contributed by atoms with E-state index in [1.165, 1.54) is 0 Å². The van der Waals surface area contributed by atoms with Gasteiger partial charge < -0.3 is 4.84 Å². The third kappa shape index (κ3) is 4.95. The average molecular weight is 289 g/mol. The Bertz CT molecular complexity index is 524. The molecule has 0 saturated heterocycles. The van der Waals surface area contributed by atoms with Gasteiger partial charge in [0.25, 0.3) is 0 Å². The van der Waals surface area contributed by atoms with Crippen LogP contribution in [0.5, 0.6) is 0 Å². The van der Waals surface area contributed by atoms with Crippen molar-refractivity contribution in [2.24, 2.45) is 10.1 Å². The molecular formula is C16H20FN3O. The van der Waals surface area contributed by atoms with Crippen LogP contribution in [0.25, 0.3) is 0 Å². The number of allylic oxidation sites excluding steroid dienone is 1. The van der Waals surface area contributed by atoms with Crippen molar-refractivity contribution in [3.8, 4) is 0 Å². The number of nitrogens with zero attached hydrogens (tertiary/aromatic N) is 3. The van der Waals surface area contributed by atoms with Crippen molar-refractivity contribution in [1.82, 2.24) is 4.98 Å². The van der Waals surface area contributed by atoms with Crippen molar-refractivity contribution in [1.29, 1.82) is 0 Å². The van der Waals surface area contributed by atoms with Crippen molar-refractivity contribution in [2.75, 3.05) is 7.18 Å². The summed E-state index contributed by atoms with van der Waals surface area (Å²) in [6, 6.07) is 5.74. The van der Waals surface area contributed by atoms with E-state index in [4.69, 9.17) is 4.84 Å². The summed E-state index contributed by atoms with van der Waals surface area (Å²) in [5.74, 6) is 0. The lowest BCUT2D eigenvalue weighted by molar-refractivity contribution is 0.133. The fourth-order valence-corrected chi connectivity index (χ4v) is 1.73. The molecule has 1 aromatic rings. The summed E-state index contributed by atoms with van der Waals surface area (Å²) in [4.78, 5) is 14.0. The first-order valence-corrected chi connectivity index (χ1v) is 6.72. The van der Waals surface area contributed by atoms with E-state index in [0.29, 0.717) is 13.6 Å². The highest BCUT2D eigenvalue weighted by atomic mass is 19.1. The van der Waals surface area contributed by atoms with Gasteiger partial charge in [-0.1, -0.05) is 30.8 Å². The Balaban J connectivity index is 0.00000106. The molecule has 0 aliphatic carbocycles. The highest BCUT2D eigenvalue weighted by Gasteiger charge is 2.25. The zero-order valence-electron chi connectivity index (χ0n) is 12.4. The topological polar surface area (TPSA) is 46.8 Å². The van der Waals surface area contributed by atoms with Crippen LogP contribution in [0.4, 0.5) is 4.39 Å². The minimum Gasteiger partial charge on any atom is -0.385 e. The lowest BCUT2D eigenvalue weighted by Gasteiger charge is -2.06. The predicted octanol–water partition coefficient (Wildman–Crippen LogP) is 3.71. The van der Waals surface area contributed by atoms with E-state index < -0.39 is 0 Å². The maximum absolute atomic E-state index is 9.50. The van der Waals surface area contributed by atoms with Crippen molar-refractivity contribution >= 4 is 11.4 Å². The second-order valence-corrected chi connectivity index (χ2v) is 4.10. The van der Waals surface area contributed by atoms with Crippen LogP contribution in [0.2, 0.25) is 0 Å². The average Bonchev–Trinajstić information content (AvgIpc) is 3.04. The molecule has 2 rings (SSSR count). The van der Waals surface area contributed by atoms with Gasteiger partial charge in [0.05, 0.1) is 18.6 Å². The number of oxime groups is 1. The Morgan fingerprint density at radius 3 is 2.95 bits per heavy atom. The molecule has 0 bridgehead atoms. The van der Waals surface area contributed by atoms with Crippen LogP contribution in [-0.4, -0.2) is 29.7 Å². The van der Waals surface area contributed by atoms with Gasteiger partial charge in [-0.3, -0.25) is 14.4 Å². The van der Waals surface area contributed by atoms with Crippen molar-refractivity contribution in [3.63, 3.8) is 0 Å². The van der Waals surface area contributed by atoms with Gasteiger partial charge in [0, 0.05) is 18.8 Å². The van der Waals surface area contributed by atoms with Crippen molar-refractivity contribution in [2.45, 2.75) is 25.9 Å². The van der Waals surface area contributed by atoms with Crippen LogP contribution in [-0.2, 0) is 4.84 Å². The number of aromatic nitrogens is 1. The molecule has 0 amide bonds. The highest BCUT2D eigenvalue weighted by molar-refractivity contribution is 6.07. The summed E-state index contributed by atoms with van der Waals surface area (Å²) in [6.07, 6.45) is 8.67. The van der Waals surface area contributed by atoms with Gasteiger partial charge in [0.1, 0.15) is 5.71 Å². The molecule has 1 aliphatic rings. The number of rotatable bonds is 5. The normalized spacial score (nSPS) is 17.8. The van der Waals surface area contributed by atoms with Crippen LogP contribution >= 0.6 is 0 Å². The van der Waals surface area contributed by atoms with Gasteiger partial charge in [-0.25, -0.2) is 0 Å². The standard InChI is InChI=1S/C15H17N3O.CH3F/c1-3-5-9-16-12(4-2)15-11-14(18-19-15)13-8-6-7-10-17-13;1-2/h4-10,15H,2-3,11H2,1H3;1H3/b9-5-,16-12?;. The first-order chi connectivity index (χ1) is 10.3. The molecule has 1 aromatic heterocycles. The number of hydrogen-bond donors (Lipinski definition) is 0. The van der Waals surface area contributed by atoms with E-state index in [9.17, 15) is 4.39 Å². The quantitative estimate of drug-likeness (QED) is 0.776. The fraction of sp³-hybridized carbons (Fsp3) is 0.312. The molecule has 0 radical (unpaired) electrons. The maximum Gasteiger partial charge on any atom is 0.174 e. The Kier molecular flexibility index (Phi) is 7.64. The van der Waals surface area contributed by atoms with Gasteiger partial charge in [-0.05, 0) is 24.6 Å².